The maximum absolute atomic E-state index is 12.7. The molecule has 0 N–H and O–H groups in total. The zero-order chi connectivity index (χ0) is 17.2. The molecule has 126 valence electrons. The second-order valence-corrected chi connectivity index (χ2v) is 6.53. The standard InChI is InChI=1S/C17H22ClNO4/c1-5-6-9-22-15(20)11(2)19-13-10-12(18)7-8-14(13)23-17(3,4)16(19)21/h7-8,10-11H,5-6,9H2,1-4H3. The Hall–Kier alpha value is -1.75. The number of carbonyl (C=O) groups excluding carboxylic acids is 2. The van der Waals surface area contributed by atoms with Crippen molar-refractivity contribution in [3.63, 3.8) is 0 Å². The molecule has 0 aliphatic carbocycles. The van der Waals surface area contributed by atoms with Gasteiger partial charge in [-0.3, -0.25) is 9.69 Å². The number of amides is 1. The summed E-state index contributed by atoms with van der Waals surface area (Å²) >= 11 is 6.04. The van der Waals surface area contributed by atoms with E-state index < -0.39 is 17.6 Å². The highest BCUT2D eigenvalue weighted by atomic mass is 35.5. The predicted molar refractivity (Wildman–Crippen MR) is 89.0 cm³/mol. The summed E-state index contributed by atoms with van der Waals surface area (Å²) in [6.07, 6.45) is 1.73. The Morgan fingerprint density at radius 1 is 1.43 bits per heavy atom. The van der Waals surface area contributed by atoms with E-state index >= 15 is 0 Å². The van der Waals surface area contributed by atoms with Gasteiger partial charge in [-0.15, -0.1) is 0 Å². The lowest BCUT2D eigenvalue weighted by Crippen LogP contribution is -2.57. The smallest absolute Gasteiger partial charge is 0.328 e. The fourth-order valence-electron chi connectivity index (χ4n) is 2.41. The molecule has 0 radical (unpaired) electrons. The number of hydrogen-bond donors (Lipinski definition) is 0. The molecule has 0 spiro atoms. The van der Waals surface area contributed by atoms with Gasteiger partial charge < -0.3 is 9.47 Å². The molecule has 0 bridgehead atoms. The largest absolute Gasteiger partial charge is 0.476 e. The van der Waals surface area contributed by atoms with Gasteiger partial charge in [-0.2, -0.15) is 0 Å². The number of carbonyl (C=O) groups is 2. The van der Waals surface area contributed by atoms with Crippen LogP contribution in [0.5, 0.6) is 5.75 Å². The first-order valence-corrected chi connectivity index (χ1v) is 8.14. The summed E-state index contributed by atoms with van der Waals surface area (Å²) < 4.78 is 11.0. The molecule has 5 nitrogen and oxygen atoms in total. The van der Waals surface area contributed by atoms with Gasteiger partial charge >= 0.3 is 5.97 Å². The van der Waals surface area contributed by atoms with Crippen LogP contribution in [0.2, 0.25) is 5.02 Å². The predicted octanol–water partition coefficient (Wildman–Crippen LogP) is 3.58. The van der Waals surface area contributed by atoms with Crippen molar-refractivity contribution in [2.45, 2.75) is 52.2 Å². The quantitative estimate of drug-likeness (QED) is 0.608. The minimum absolute atomic E-state index is 0.299. The van der Waals surface area contributed by atoms with E-state index in [4.69, 9.17) is 21.1 Å². The Morgan fingerprint density at radius 3 is 2.78 bits per heavy atom. The Balaban J connectivity index is 2.33. The van der Waals surface area contributed by atoms with Crippen LogP contribution in [-0.4, -0.2) is 30.1 Å². The summed E-state index contributed by atoms with van der Waals surface area (Å²) in [5.74, 6) is -0.213. The number of anilines is 1. The first kappa shape index (κ1) is 17.6. The highest BCUT2D eigenvalue weighted by Crippen LogP contribution is 2.40. The molecule has 1 unspecified atom stereocenters. The first-order valence-electron chi connectivity index (χ1n) is 7.76. The van der Waals surface area contributed by atoms with Crippen LogP contribution in [0.15, 0.2) is 18.2 Å². The van der Waals surface area contributed by atoms with Gasteiger partial charge in [-0.05, 0) is 45.4 Å². The first-order chi connectivity index (χ1) is 10.8. The van der Waals surface area contributed by atoms with E-state index in [1.54, 1.807) is 39.0 Å². The normalized spacial score (nSPS) is 17.3. The second kappa shape index (κ2) is 6.79. The van der Waals surface area contributed by atoms with Crippen molar-refractivity contribution in [1.82, 2.24) is 0 Å². The van der Waals surface area contributed by atoms with Gasteiger partial charge in [0.1, 0.15) is 11.8 Å². The van der Waals surface area contributed by atoms with E-state index in [0.29, 0.717) is 23.1 Å². The van der Waals surface area contributed by atoms with Crippen LogP contribution in [0.4, 0.5) is 5.69 Å². The van der Waals surface area contributed by atoms with Gasteiger partial charge in [0.15, 0.2) is 5.60 Å². The fourth-order valence-corrected chi connectivity index (χ4v) is 2.58. The Kier molecular flexibility index (Phi) is 5.19. The van der Waals surface area contributed by atoms with Crippen LogP contribution >= 0.6 is 11.6 Å². The number of halogens is 1. The lowest BCUT2D eigenvalue weighted by Gasteiger charge is -2.40. The van der Waals surface area contributed by atoms with Crippen LogP contribution in [0.3, 0.4) is 0 Å². The van der Waals surface area contributed by atoms with Gasteiger partial charge in [0.05, 0.1) is 12.3 Å². The molecule has 23 heavy (non-hydrogen) atoms. The van der Waals surface area contributed by atoms with Crippen molar-refractivity contribution in [2.24, 2.45) is 0 Å². The molecule has 1 amide bonds. The number of esters is 1. The molecule has 1 atom stereocenters. The van der Waals surface area contributed by atoms with E-state index in [0.717, 1.165) is 12.8 Å². The molecule has 1 heterocycles. The summed E-state index contributed by atoms with van der Waals surface area (Å²) in [6, 6.07) is 4.27. The Bertz CT molecular complexity index is 615. The van der Waals surface area contributed by atoms with Crippen LogP contribution in [-0.2, 0) is 14.3 Å². The molecular formula is C17H22ClNO4. The summed E-state index contributed by atoms with van der Waals surface area (Å²) in [7, 11) is 0. The maximum atomic E-state index is 12.7. The molecule has 1 aliphatic heterocycles. The highest BCUT2D eigenvalue weighted by molar-refractivity contribution is 6.31. The van der Waals surface area contributed by atoms with Gasteiger partial charge in [0.25, 0.3) is 5.91 Å². The third-order valence-corrected chi connectivity index (χ3v) is 3.99. The van der Waals surface area contributed by atoms with Crippen molar-refractivity contribution in [1.29, 1.82) is 0 Å². The third kappa shape index (κ3) is 3.61. The molecule has 1 aromatic rings. The van der Waals surface area contributed by atoms with Crippen LogP contribution in [0.1, 0.15) is 40.5 Å². The van der Waals surface area contributed by atoms with Crippen molar-refractivity contribution in [2.75, 3.05) is 11.5 Å². The second-order valence-electron chi connectivity index (χ2n) is 6.10. The molecule has 6 heteroatoms. The molecule has 1 aliphatic rings. The SMILES string of the molecule is CCCCOC(=O)C(C)N1C(=O)C(C)(C)Oc2ccc(Cl)cc21. The number of hydrogen-bond acceptors (Lipinski definition) is 4. The third-order valence-electron chi connectivity index (χ3n) is 3.75. The Labute approximate surface area is 141 Å². The van der Waals surface area contributed by atoms with Crippen molar-refractivity contribution in [3.05, 3.63) is 23.2 Å². The highest BCUT2D eigenvalue weighted by Gasteiger charge is 2.44. The van der Waals surface area contributed by atoms with E-state index in [9.17, 15) is 9.59 Å². The number of fused-ring (bicyclic) bond motifs is 1. The van der Waals surface area contributed by atoms with Crippen LogP contribution in [0, 0.1) is 0 Å². The van der Waals surface area contributed by atoms with E-state index in [1.165, 1.54) is 4.90 Å². The minimum Gasteiger partial charge on any atom is -0.476 e. The lowest BCUT2D eigenvalue weighted by molar-refractivity contribution is -0.147. The average Bonchev–Trinajstić information content (AvgIpc) is 2.48. The summed E-state index contributed by atoms with van der Waals surface area (Å²) in [6.45, 7) is 7.37. The molecule has 1 aromatic carbocycles. The number of unbranched alkanes of at least 4 members (excludes halogenated alkanes) is 1. The van der Waals surface area contributed by atoms with Crippen LogP contribution in [0.25, 0.3) is 0 Å². The van der Waals surface area contributed by atoms with Gasteiger partial charge in [-0.1, -0.05) is 24.9 Å². The fraction of sp³-hybridized carbons (Fsp3) is 0.529. The summed E-state index contributed by atoms with van der Waals surface area (Å²) in [5.41, 5.74) is -0.569. The summed E-state index contributed by atoms with van der Waals surface area (Å²) in [4.78, 5) is 26.4. The molecule has 0 aromatic heterocycles. The molecule has 0 saturated carbocycles. The molecule has 0 saturated heterocycles. The van der Waals surface area contributed by atoms with Gasteiger partial charge in [0, 0.05) is 5.02 Å². The van der Waals surface area contributed by atoms with Gasteiger partial charge in [0.2, 0.25) is 0 Å². The molecule has 0 fully saturated rings. The van der Waals surface area contributed by atoms with E-state index in [2.05, 4.69) is 0 Å². The lowest BCUT2D eigenvalue weighted by atomic mass is 10.0. The molecular weight excluding hydrogens is 318 g/mol. The average molecular weight is 340 g/mol. The van der Waals surface area contributed by atoms with Gasteiger partial charge in [-0.25, -0.2) is 4.79 Å². The summed E-state index contributed by atoms with van der Waals surface area (Å²) in [5, 5.41) is 0.469. The van der Waals surface area contributed by atoms with Crippen molar-refractivity contribution < 1.29 is 19.1 Å². The van der Waals surface area contributed by atoms with E-state index in [-0.39, 0.29) is 5.91 Å². The number of nitrogens with zero attached hydrogens (tertiary/aromatic N) is 1. The number of benzene rings is 1. The van der Waals surface area contributed by atoms with Crippen LogP contribution < -0.4 is 9.64 Å². The topological polar surface area (TPSA) is 55.8 Å². The Morgan fingerprint density at radius 2 is 2.13 bits per heavy atom. The maximum Gasteiger partial charge on any atom is 0.328 e. The van der Waals surface area contributed by atoms with Crippen molar-refractivity contribution in [3.8, 4) is 5.75 Å². The number of rotatable bonds is 5. The van der Waals surface area contributed by atoms with E-state index in [1.807, 2.05) is 6.92 Å². The van der Waals surface area contributed by atoms with Crippen molar-refractivity contribution >= 4 is 29.2 Å². The number of ether oxygens (including phenoxy) is 2. The zero-order valence-electron chi connectivity index (χ0n) is 13.9. The minimum atomic E-state index is -1.06. The molecule has 2 rings (SSSR count). The monoisotopic (exact) mass is 339 g/mol. The zero-order valence-corrected chi connectivity index (χ0v) is 14.6.